The van der Waals surface area contributed by atoms with Crippen molar-refractivity contribution in [2.75, 3.05) is 26.9 Å². The van der Waals surface area contributed by atoms with Crippen LogP contribution in [0.15, 0.2) is 66.8 Å². The van der Waals surface area contributed by atoms with E-state index in [1.54, 1.807) is 37.5 Å². The number of Topliss-reactive ketones (excluding diaryl/α,β-unsaturated/α-hetero) is 1. The molecule has 34 heavy (non-hydrogen) atoms. The number of benzene rings is 2. The second-order valence-corrected chi connectivity index (χ2v) is 9.33. The normalized spacial score (nSPS) is 17.8. The quantitative estimate of drug-likeness (QED) is 0.186. The lowest BCUT2D eigenvalue weighted by atomic mass is 9.85. The molecule has 0 aliphatic carbocycles. The van der Waals surface area contributed by atoms with Crippen molar-refractivity contribution < 1.29 is 24.2 Å². The van der Waals surface area contributed by atoms with Gasteiger partial charge in [-0.2, -0.15) is 0 Å². The van der Waals surface area contributed by atoms with Gasteiger partial charge < -0.3 is 19.5 Å². The van der Waals surface area contributed by atoms with Crippen LogP contribution >= 0.6 is 0 Å². The number of likely N-dealkylation sites (tertiary alicyclic amines) is 1. The number of rotatable bonds is 9. The Morgan fingerprint density at radius 1 is 1.09 bits per heavy atom. The van der Waals surface area contributed by atoms with E-state index in [0.717, 1.165) is 11.1 Å². The molecule has 2 aromatic carbocycles. The van der Waals surface area contributed by atoms with E-state index in [4.69, 9.17) is 9.47 Å². The van der Waals surface area contributed by atoms with Crippen LogP contribution in [-0.4, -0.2) is 48.6 Å². The van der Waals surface area contributed by atoms with Crippen molar-refractivity contribution in [3.8, 4) is 5.75 Å². The maximum absolute atomic E-state index is 13.1. The first-order valence-corrected chi connectivity index (χ1v) is 11.4. The number of ketones is 1. The minimum absolute atomic E-state index is 0.0335. The van der Waals surface area contributed by atoms with Gasteiger partial charge in [-0.15, -0.1) is 0 Å². The summed E-state index contributed by atoms with van der Waals surface area (Å²) >= 11 is 0. The number of aliphatic hydroxyl groups is 1. The summed E-state index contributed by atoms with van der Waals surface area (Å²) in [4.78, 5) is 27.6. The van der Waals surface area contributed by atoms with Gasteiger partial charge in [-0.05, 0) is 47.2 Å². The smallest absolute Gasteiger partial charge is 0.295 e. The highest BCUT2D eigenvalue weighted by Crippen LogP contribution is 2.40. The van der Waals surface area contributed by atoms with E-state index in [1.807, 2.05) is 24.3 Å². The number of carbonyl (C=O) groups is 2. The highest BCUT2D eigenvalue weighted by atomic mass is 16.5. The molecule has 1 fully saturated rings. The number of amides is 1. The second kappa shape index (κ2) is 10.7. The Morgan fingerprint density at radius 2 is 1.74 bits per heavy atom. The SMILES string of the molecule is C=CCOc1ccc(/C(O)=C2\C(=O)C(=O)N(CCCOC)C2c2ccc(C(C)(C)C)cc2)cc1. The van der Waals surface area contributed by atoms with Crippen molar-refractivity contribution in [1.82, 2.24) is 4.90 Å². The molecule has 1 unspecified atom stereocenters. The third kappa shape index (κ3) is 5.39. The van der Waals surface area contributed by atoms with Crippen molar-refractivity contribution in [2.45, 2.75) is 38.6 Å². The molecule has 0 saturated carbocycles. The molecule has 6 nitrogen and oxygen atoms in total. The fraction of sp³-hybridized carbons (Fsp3) is 0.357. The third-order valence-electron chi connectivity index (χ3n) is 5.88. The zero-order valence-electron chi connectivity index (χ0n) is 20.3. The molecule has 0 aromatic heterocycles. The average Bonchev–Trinajstić information content (AvgIpc) is 3.07. The summed E-state index contributed by atoms with van der Waals surface area (Å²) in [6.45, 7) is 11.2. The molecule has 1 atom stereocenters. The molecule has 1 aliphatic rings. The van der Waals surface area contributed by atoms with Crippen LogP contribution in [0.25, 0.3) is 5.76 Å². The fourth-order valence-electron chi connectivity index (χ4n) is 4.02. The minimum atomic E-state index is -0.688. The Balaban J connectivity index is 2.05. The molecule has 3 rings (SSSR count). The van der Waals surface area contributed by atoms with Gasteiger partial charge in [-0.3, -0.25) is 9.59 Å². The van der Waals surface area contributed by atoms with Crippen molar-refractivity contribution in [3.05, 3.63) is 83.4 Å². The topological polar surface area (TPSA) is 76.1 Å². The molecule has 0 bridgehead atoms. The molecule has 2 aromatic rings. The van der Waals surface area contributed by atoms with Gasteiger partial charge >= 0.3 is 0 Å². The van der Waals surface area contributed by atoms with Crippen molar-refractivity contribution >= 4 is 17.4 Å². The monoisotopic (exact) mass is 463 g/mol. The van der Waals surface area contributed by atoms with Gasteiger partial charge in [0.05, 0.1) is 11.6 Å². The van der Waals surface area contributed by atoms with Crippen LogP contribution in [0.5, 0.6) is 5.75 Å². The number of hydrogen-bond acceptors (Lipinski definition) is 5. The van der Waals surface area contributed by atoms with Gasteiger partial charge in [0.25, 0.3) is 11.7 Å². The van der Waals surface area contributed by atoms with E-state index in [1.165, 1.54) is 4.90 Å². The Labute approximate surface area is 201 Å². The molecule has 1 amide bonds. The summed E-state index contributed by atoms with van der Waals surface area (Å²) in [5, 5.41) is 11.2. The van der Waals surface area contributed by atoms with E-state index < -0.39 is 17.7 Å². The summed E-state index contributed by atoms with van der Waals surface area (Å²) in [6, 6.07) is 14.0. The number of carbonyl (C=O) groups excluding carboxylic acids is 2. The zero-order valence-corrected chi connectivity index (χ0v) is 20.3. The molecule has 0 radical (unpaired) electrons. The Morgan fingerprint density at radius 3 is 2.29 bits per heavy atom. The lowest BCUT2D eigenvalue weighted by Gasteiger charge is -2.26. The largest absolute Gasteiger partial charge is 0.507 e. The van der Waals surface area contributed by atoms with Crippen LogP contribution in [0.3, 0.4) is 0 Å². The van der Waals surface area contributed by atoms with Crippen LogP contribution in [0.2, 0.25) is 0 Å². The number of hydrogen-bond donors (Lipinski definition) is 1. The summed E-state index contributed by atoms with van der Waals surface area (Å²) in [5.74, 6) is -0.890. The van der Waals surface area contributed by atoms with Crippen molar-refractivity contribution in [3.63, 3.8) is 0 Å². The molecular formula is C28H33NO5. The average molecular weight is 464 g/mol. The van der Waals surface area contributed by atoms with Crippen molar-refractivity contribution in [1.29, 1.82) is 0 Å². The van der Waals surface area contributed by atoms with Crippen molar-refractivity contribution in [2.24, 2.45) is 0 Å². The molecule has 6 heteroatoms. The summed E-state index contributed by atoms with van der Waals surface area (Å²) in [7, 11) is 1.60. The number of nitrogens with zero attached hydrogens (tertiary/aromatic N) is 1. The first-order chi connectivity index (χ1) is 16.2. The van der Waals surface area contributed by atoms with E-state index in [2.05, 4.69) is 27.4 Å². The summed E-state index contributed by atoms with van der Waals surface area (Å²) in [5.41, 5.74) is 2.41. The standard InChI is InChI=1S/C28H33NO5/c1-6-17-34-22-14-10-20(11-15-22)25(30)23-24(19-8-12-21(13-9-19)28(2,3)4)29(16-7-18-33-5)27(32)26(23)31/h6,8-15,24,30H,1,7,16-18H2,2-5H3/b25-23+. The van der Waals surface area contributed by atoms with Crippen LogP contribution in [-0.2, 0) is 19.7 Å². The van der Waals surface area contributed by atoms with Gasteiger partial charge in [-0.25, -0.2) is 0 Å². The summed E-state index contributed by atoms with van der Waals surface area (Å²) in [6.07, 6.45) is 2.22. The molecule has 1 aliphatic heterocycles. The third-order valence-corrected chi connectivity index (χ3v) is 5.88. The molecular weight excluding hydrogens is 430 g/mol. The Hall–Kier alpha value is -3.38. The first kappa shape index (κ1) is 25.2. The number of methoxy groups -OCH3 is 1. The molecule has 0 spiro atoms. The maximum atomic E-state index is 13.1. The van der Waals surface area contributed by atoms with E-state index in [-0.39, 0.29) is 16.7 Å². The Bertz CT molecular complexity index is 1060. The zero-order chi connectivity index (χ0) is 24.9. The highest BCUT2D eigenvalue weighted by Gasteiger charge is 2.45. The lowest BCUT2D eigenvalue weighted by Crippen LogP contribution is -2.31. The van der Waals surface area contributed by atoms with E-state index in [9.17, 15) is 14.7 Å². The second-order valence-electron chi connectivity index (χ2n) is 9.33. The highest BCUT2D eigenvalue weighted by molar-refractivity contribution is 6.46. The van der Waals surface area contributed by atoms with Gasteiger partial charge in [-0.1, -0.05) is 57.7 Å². The van der Waals surface area contributed by atoms with Gasteiger partial charge in [0.15, 0.2) is 0 Å². The number of aliphatic hydroxyl groups excluding tert-OH is 1. The Kier molecular flexibility index (Phi) is 7.94. The van der Waals surface area contributed by atoms with Crippen LogP contribution in [0.1, 0.15) is 49.9 Å². The van der Waals surface area contributed by atoms with Crippen LogP contribution in [0.4, 0.5) is 0 Å². The minimum Gasteiger partial charge on any atom is -0.507 e. The number of ether oxygens (including phenoxy) is 2. The molecule has 180 valence electrons. The van der Waals surface area contributed by atoms with Crippen LogP contribution < -0.4 is 4.74 Å². The van der Waals surface area contributed by atoms with Gasteiger partial charge in [0.2, 0.25) is 0 Å². The molecule has 1 N–H and O–H groups in total. The van der Waals surface area contributed by atoms with E-state index >= 15 is 0 Å². The molecule has 1 saturated heterocycles. The lowest BCUT2D eigenvalue weighted by molar-refractivity contribution is -0.140. The first-order valence-electron chi connectivity index (χ1n) is 11.4. The maximum Gasteiger partial charge on any atom is 0.295 e. The predicted molar refractivity (Wildman–Crippen MR) is 133 cm³/mol. The van der Waals surface area contributed by atoms with Gasteiger partial charge in [0, 0.05) is 25.8 Å². The summed E-state index contributed by atoms with van der Waals surface area (Å²) < 4.78 is 10.6. The molecule has 1 heterocycles. The van der Waals surface area contributed by atoms with Gasteiger partial charge in [0.1, 0.15) is 18.1 Å². The predicted octanol–water partition coefficient (Wildman–Crippen LogP) is 5.01. The van der Waals surface area contributed by atoms with E-state index in [0.29, 0.717) is 37.5 Å². The fourth-order valence-corrected chi connectivity index (χ4v) is 4.02. The van der Waals surface area contributed by atoms with Crippen LogP contribution in [0, 0.1) is 0 Å².